The average molecular weight is 404 g/mol. The van der Waals surface area contributed by atoms with Crippen LogP contribution in [-0.2, 0) is 6.54 Å². The van der Waals surface area contributed by atoms with E-state index in [-0.39, 0.29) is 11.5 Å². The summed E-state index contributed by atoms with van der Waals surface area (Å²) in [5.41, 5.74) is 1.92. The zero-order chi connectivity index (χ0) is 20.4. The summed E-state index contributed by atoms with van der Waals surface area (Å²) in [6.07, 6.45) is 5.03. The van der Waals surface area contributed by atoms with Gasteiger partial charge in [-0.2, -0.15) is 0 Å². The SMILES string of the molecule is CN(C(=O)c1cn(Cc2cccnc2)c(=O)c2ccccc12)c1ccc(Cl)cc1. The van der Waals surface area contributed by atoms with Crippen molar-refractivity contribution in [2.24, 2.45) is 0 Å². The minimum atomic E-state index is -0.205. The van der Waals surface area contributed by atoms with Crippen LogP contribution in [0.2, 0.25) is 5.02 Å². The number of benzene rings is 2. The van der Waals surface area contributed by atoms with E-state index in [9.17, 15) is 9.59 Å². The number of carbonyl (C=O) groups excluding carboxylic acids is 1. The van der Waals surface area contributed by atoms with Gasteiger partial charge in [-0.3, -0.25) is 14.6 Å². The first kappa shape index (κ1) is 18.9. The van der Waals surface area contributed by atoms with E-state index < -0.39 is 0 Å². The minimum absolute atomic E-state index is 0.143. The van der Waals surface area contributed by atoms with E-state index in [1.807, 2.05) is 18.2 Å². The molecular weight excluding hydrogens is 386 g/mol. The van der Waals surface area contributed by atoms with Gasteiger partial charge in [-0.15, -0.1) is 0 Å². The second-order valence-electron chi connectivity index (χ2n) is 6.72. The highest BCUT2D eigenvalue weighted by atomic mass is 35.5. The van der Waals surface area contributed by atoms with Gasteiger partial charge in [-0.05, 0) is 42.0 Å². The predicted octanol–water partition coefficient (Wildman–Crippen LogP) is 4.37. The number of anilines is 1. The molecule has 0 bridgehead atoms. The fourth-order valence-electron chi connectivity index (χ4n) is 3.28. The molecule has 5 nitrogen and oxygen atoms in total. The molecule has 0 radical (unpaired) electrons. The van der Waals surface area contributed by atoms with Crippen molar-refractivity contribution >= 4 is 34.0 Å². The molecule has 4 aromatic rings. The highest BCUT2D eigenvalue weighted by molar-refractivity contribution is 6.30. The molecule has 2 heterocycles. The number of hydrogen-bond donors (Lipinski definition) is 0. The molecule has 4 rings (SSSR count). The van der Waals surface area contributed by atoms with Gasteiger partial charge in [0.2, 0.25) is 0 Å². The van der Waals surface area contributed by atoms with Crippen LogP contribution >= 0.6 is 11.6 Å². The first-order chi connectivity index (χ1) is 14.0. The molecule has 0 saturated heterocycles. The molecule has 144 valence electrons. The van der Waals surface area contributed by atoms with Crippen LogP contribution in [0.1, 0.15) is 15.9 Å². The molecule has 29 heavy (non-hydrogen) atoms. The summed E-state index contributed by atoms with van der Waals surface area (Å²) in [7, 11) is 1.71. The quantitative estimate of drug-likeness (QED) is 0.508. The van der Waals surface area contributed by atoms with Crippen molar-refractivity contribution in [3.05, 3.63) is 106 Å². The summed E-state index contributed by atoms with van der Waals surface area (Å²) >= 11 is 5.96. The summed E-state index contributed by atoms with van der Waals surface area (Å²) in [5.74, 6) is -0.205. The second kappa shape index (κ2) is 7.89. The number of pyridine rings is 2. The maximum Gasteiger partial charge on any atom is 0.260 e. The van der Waals surface area contributed by atoms with E-state index in [0.717, 1.165) is 5.56 Å². The molecule has 0 fully saturated rings. The Labute approximate surface area is 172 Å². The van der Waals surface area contributed by atoms with Crippen molar-refractivity contribution in [3.63, 3.8) is 0 Å². The number of hydrogen-bond acceptors (Lipinski definition) is 3. The summed E-state index contributed by atoms with van der Waals surface area (Å²) in [6, 6.07) is 17.9. The highest BCUT2D eigenvalue weighted by Crippen LogP contribution is 2.22. The Morgan fingerprint density at radius 2 is 1.76 bits per heavy atom. The molecule has 0 spiro atoms. The van der Waals surface area contributed by atoms with E-state index in [0.29, 0.717) is 33.6 Å². The topological polar surface area (TPSA) is 55.2 Å². The molecule has 0 atom stereocenters. The van der Waals surface area contributed by atoms with Gasteiger partial charge < -0.3 is 9.47 Å². The van der Waals surface area contributed by atoms with Crippen molar-refractivity contribution in [2.45, 2.75) is 6.54 Å². The van der Waals surface area contributed by atoms with Crippen LogP contribution in [0, 0.1) is 0 Å². The number of carbonyl (C=O) groups is 1. The fourth-order valence-corrected chi connectivity index (χ4v) is 3.41. The zero-order valence-electron chi connectivity index (χ0n) is 15.7. The fraction of sp³-hybridized carbons (Fsp3) is 0.0870. The van der Waals surface area contributed by atoms with E-state index in [4.69, 9.17) is 11.6 Å². The number of fused-ring (bicyclic) bond motifs is 1. The Morgan fingerprint density at radius 1 is 1.03 bits per heavy atom. The van der Waals surface area contributed by atoms with Gasteiger partial charge in [0, 0.05) is 47.1 Å². The molecule has 0 aliphatic carbocycles. The van der Waals surface area contributed by atoms with Gasteiger partial charge in [-0.1, -0.05) is 35.9 Å². The molecule has 0 unspecified atom stereocenters. The minimum Gasteiger partial charge on any atom is -0.311 e. The molecule has 2 aromatic heterocycles. The first-order valence-electron chi connectivity index (χ1n) is 9.09. The lowest BCUT2D eigenvalue weighted by molar-refractivity contribution is 0.0994. The molecule has 2 aromatic carbocycles. The van der Waals surface area contributed by atoms with Gasteiger partial charge >= 0.3 is 0 Å². The number of halogens is 1. The Balaban J connectivity index is 1.82. The number of amides is 1. The molecule has 0 aliphatic rings. The summed E-state index contributed by atoms with van der Waals surface area (Å²) in [5, 5.41) is 1.74. The summed E-state index contributed by atoms with van der Waals surface area (Å²) < 4.78 is 1.56. The smallest absolute Gasteiger partial charge is 0.260 e. The third-order valence-electron chi connectivity index (χ3n) is 4.82. The standard InChI is InChI=1S/C23H18ClN3O2/c1-26(18-10-8-17(24)9-11-18)22(28)21-15-27(14-16-5-4-12-25-13-16)23(29)20-7-3-2-6-19(20)21/h2-13,15H,14H2,1H3. The number of nitrogens with zero attached hydrogens (tertiary/aromatic N) is 3. The van der Waals surface area contributed by atoms with Crippen LogP contribution in [-0.4, -0.2) is 22.5 Å². The first-order valence-corrected chi connectivity index (χ1v) is 9.47. The van der Waals surface area contributed by atoms with E-state index >= 15 is 0 Å². The maximum atomic E-state index is 13.3. The van der Waals surface area contributed by atoms with Crippen LogP contribution in [0.15, 0.2) is 84.0 Å². The monoisotopic (exact) mass is 403 g/mol. The van der Waals surface area contributed by atoms with Crippen molar-refractivity contribution < 1.29 is 4.79 Å². The van der Waals surface area contributed by atoms with Crippen LogP contribution in [0.5, 0.6) is 0 Å². The van der Waals surface area contributed by atoms with Crippen LogP contribution in [0.25, 0.3) is 10.8 Å². The third-order valence-corrected chi connectivity index (χ3v) is 5.07. The molecular formula is C23H18ClN3O2. The Morgan fingerprint density at radius 3 is 2.45 bits per heavy atom. The van der Waals surface area contributed by atoms with Crippen molar-refractivity contribution in [3.8, 4) is 0 Å². The van der Waals surface area contributed by atoms with E-state index in [1.165, 1.54) is 0 Å². The lowest BCUT2D eigenvalue weighted by Crippen LogP contribution is -2.29. The Hall–Kier alpha value is -3.44. The normalized spacial score (nSPS) is 10.8. The lowest BCUT2D eigenvalue weighted by atomic mass is 10.1. The van der Waals surface area contributed by atoms with Gasteiger partial charge in [0.05, 0.1) is 12.1 Å². The van der Waals surface area contributed by atoms with E-state index in [2.05, 4.69) is 4.98 Å². The molecule has 0 saturated carbocycles. The average Bonchev–Trinajstić information content (AvgIpc) is 2.76. The zero-order valence-corrected chi connectivity index (χ0v) is 16.5. The molecule has 0 N–H and O–H groups in total. The van der Waals surface area contributed by atoms with Gasteiger partial charge in [-0.25, -0.2) is 0 Å². The van der Waals surface area contributed by atoms with E-state index in [1.54, 1.807) is 77.6 Å². The van der Waals surface area contributed by atoms with Gasteiger partial charge in [0.1, 0.15) is 0 Å². The molecule has 1 amide bonds. The summed E-state index contributed by atoms with van der Waals surface area (Å²) in [4.78, 5) is 32.0. The van der Waals surface area contributed by atoms with Gasteiger partial charge in [0.25, 0.3) is 11.5 Å². The van der Waals surface area contributed by atoms with Crippen molar-refractivity contribution in [1.82, 2.24) is 9.55 Å². The van der Waals surface area contributed by atoms with Crippen LogP contribution < -0.4 is 10.5 Å². The number of aromatic nitrogens is 2. The molecule has 6 heteroatoms. The van der Waals surface area contributed by atoms with Crippen LogP contribution in [0.4, 0.5) is 5.69 Å². The summed E-state index contributed by atoms with van der Waals surface area (Å²) in [6.45, 7) is 0.336. The van der Waals surface area contributed by atoms with Crippen LogP contribution in [0.3, 0.4) is 0 Å². The third kappa shape index (κ3) is 3.77. The highest BCUT2D eigenvalue weighted by Gasteiger charge is 2.19. The largest absolute Gasteiger partial charge is 0.311 e. The molecule has 0 aliphatic heterocycles. The lowest BCUT2D eigenvalue weighted by Gasteiger charge is -2.19. The predicted molar refractivity (Wildman–Crippen MR) is 116 cm³/mol. The maximum absolute atomic E-state index is 13.3. The van der Waals surface area contributed by atoms with Crippen molar-refractivity contribution in [1.29, 1.82) is 0 Å². The van der Waals surface area contributed by atoms with Crippen molar-refractivity contribution in [2.75, 3.05) is 11.9 Å². The van der Waals surface area contributed by atoms with Gasteiger partial charge in [0.15, 0.2) is 0 Å². The Kier molecular flexibility index (Phi) is 5.14. The number of rotatable bonds is 4. The second-order valence-corrected chi connectivity index (χ2v) is 7.16. The Bertz CT molecular complexity index is 1230.